The van der Waals surface area contributed by atoms with Crippen molar-refractivity contribution in [3.63, 3.8) is 0 Å². The normalized spacial score (nSPS) is 3.40. The van der Waals surface area contributed by atoms with E-state index in [0.717, 1.165) is 12.8 Å². The van der Waals surface area contributed by atoms with E-state index in [2.05, 4.69) is 27.0 Å². The van der Waals surface area contributed by atoms with E-state index in [1.807, 2.05) is 41.5 Å². The Morgan fingerprint density at radius 2 is 0.700 bits per heavy atom. The monoisotopic (exact) mass is 434 g/mol. The summed E-state index contributed by atoms with van der Waals surface area (Å²) in [5.41, 5.74) is 0. The zero-order valence-electron chi connectivity index (χ0n) is 13.4. The predicted molar refractivity (Wildman–Crippen MR) is 101 cm³/mol. The molecule has 0 nitrogen and oxygen atoms in total. The van der Waals surface area contributed by atoms with Crippen molar-refractivity contribution in [1.29, 1.82) is 0 Å². The molecule has 122 valence electrons. The minimum Gasteiger partial charge on any atom is -0.344 e. The average Bonchev–Trinajstić information content (AvgIpc) is 2.12. The molecule has 20 heavy (non-hydrogen) atoms. The SMILES string of the molecule is C.C.C.C.C=CC.C=CC.CC.[CH2-]CC.[CH2-]CC.[Rb+].[Rb+]. The van der Waals surface area contributed by atoms with Crippen molar-refractivity contribution in [2.24, 2.45) is 0 Å². The fourth-order valence-corrected chi connectivity index (χ4v) is 0. The standard InChI is InChI=1S/2C3H7.2C3H6.C2H6.4CH4.2Rb/c4*1-3-2;1-2;;;;;;/h2*1,3H2,2H3;2*3H,1H2,2H3;1-2H3;4*1H4;;/q2*-1;;;;;;;;2*+1. The Morgan fingerprint density at radius 3 is 0.700 bits per heavy atom. The molecule has 0 aliphatic carbocycles. The fourth-order valence-electron chi connectivity index (χ4n) is 0. The van der Waals surface area contributed by atoms with E-state index in [1.54, 1.807) is 12.2 Å². The first-order valence-electron chi connectivity index (χ1n) is 5.39. The largest absolute Gasteiger partial charge is 1.00 e. The van der Waals surface area contributed by atoms with Gasteiger partial charge in [0.2, 0.25) is 0 Å². The molecule has 0 saturated carbocycles. The maximum absolute atomic E-state index is 3.49. The van der Waals surface area contributed by atoms with Gasteiger partial charge in [0, 0.05) is 0 Å². The Bertz CT molecular complexity index is 45.4. The predicted octanol–water partition coefficient (Wildman–Crippen LogP) is 2.42. The zero-order valence-corrected chi connectivity index (χ0v) is 23.2. The Hall–Kier alpha value is 3.09. The molecule has 0 unspecified atom stereocenters. The number of rotatable bonds is 0. The van der Waals surface area contributed by atoms with Crippen LogP contribution in [0.2, 0.25) is 0 Å². The molecule has 0 amide bonds. The van der Waals surface area contributed by atoms with Gasteiger partial charge < -0.3 is 13.8 Å². The molecule has 0 radical (unpaired) electrons. The van der Waals surface area contributed by atoms with Crippen LogP contribution in [-0.4, -0.2) is 0 Å². The fraction of sp³-hybridized carbons (Fsp3) is 0.667. The van der Waals surface area contributed by atoms with E-state index in [9.17, 15) is 0 Å². The summed E-state index contributed by atoms with van der Waals surface area (Å²) in [4.78, 5) is 0. The zero-order chi connectivity index (χ0) is 12.8. The van der Waals surface area contributed by atoms with Gasteiger partial charge in [-0.1, -0.05) is 69.6 Å². The maximum atomic E-state index is 3.49. The van der Waals surface area contributed by atoms with Crippen LogP contribution in [-0.2, 0) is 0 Å². The Kier molecular flexibility index (Phi) is 753. The first-order chi connectivity index (χ1) is 6.66. The maximum Gasteiger partial charge on any atom is 1.00 e. The molecule has 0 N–H and O–H groups in total. The van der Waals surface area contributed by atoms with E-state index >= 15 is 0 Å². The smallest absolute Gasteiger partial charge is 0.344 e. The second kappa shape index (κ2) is 195. The van der Waals surface area contributed by atoms with Crippen molar-refractivity contribution < 1.29 is 116 Å². The summed E-state index contributed by atoms with van der Waals surface area (Å²) in [7, 11) is 0. The van der Waals surface area contributed by atoms with Crippen LogP contribution >= 0.6 is 0 Å². The van der Waals surface area contributed by atoms with E-state index in [0.29, 0.717) is 0 Å². The average molecular weight is 436 g/mol. The second-order valence-corrected chi connectivity index (χ2v) is 1.82. The summed E-state index contributed by atoms with van der Waals surface area (Å²) in [5, 5.41) is 0. The molecule has 0 aliphatic heterocycles. The van der Waals surface area contributed by atoms with Crippen molar-refractivity contribution in [1.82, 2.24) is 0 Å². The van der Waals surface area contributed by atoms with Crippen LogP contribution in [0.3, 0.4) is 0 Å². The Morgan fingerprint density at radius 1 is 0.700 bits per heavy atom. The van der Waals surface area contributed by atoms with E-state index in [-0.39, 0.29) is 146 Å². The van der Waals surface area contributed by atoms with Crippen LogP contribution < -0.4 is 116 Å². The van der Waals surface area contributed by atoms with Gasteiger partial charge in [-0.25, -0.2) is 0 Å². The van der Waals surface area contributed by atoms with Gasteiger partial charge in [-0.3, -0.25) is 0 Å². The summed E-state index contributed by atoms with van der Waals surface area (Å²) in [6, 6.07) is 0. The summed E-state index contributed by atoms with van der Waals surface area (Å²) in [6.45, 7) is 25.5. The number of allylic oxidation sites excluding steroid dienone is 2. The molecule has 0 heterocycles. The van der Waals surface area contributed by atoms with Crippen molar-refractivity contribution >= 4 is 0 Å². The molecular formula is C18H48Rb2. The third-order valence-electron chi connectivity index (χ3n) is 0. The molecule has 0 saturated heterocycles. The van der Waals surface area contributed by atoms with Crippen LogP contribution in [0, 0.1) is 13.8 Å². The van der Waals surface area contributed by atoms with Crippen molar-refractivity contribution in [3.8, 4) is 0 Å². The van der Waals surface area contributed by atoms with E-state index in [4.69, 9.17) is 0 Å². The minimum absolute atomic E-state index is 0. The molecule has 0 fully saturated rings. The number of hydrogen-bond acceptors (Lipinski definition) is 0. The first-order valence-corrected chi connectivity index (χ1v) is 5.39. The third kappa shape index (κ3) is 891. The minimum atomic E-state index is 0. The van der Waals surface area contributed by atoms with E-state index in [1.165, 1.54) is 0 Å². The van der Waals surface area contributed by atoms with Crippen LogP contribution in [0.15, 0.2) is 25.3 Å². The second-order valence-electron chi connectivity index (χ2n) is 1.82. The molecule has 0 aliphatic rings. The molecular weight excluding hydrogens is 387 g/mol. The van der Waals surface area contributed by atoms with Crippen molar-refractivity contribution in [3.05, 3.63) is 39.2 Å². The van der Waals surface area contributed by atoms with Gasteiger partial charge >= 0.3 is 116 Å². The number of hydrogen-bond donors (Lipinski definition) is 0. The van der Waals surface area contributed by atoms with Gasteiger partial charge in [0.1, 0.15) is 0 Å². The third-order valence-corrected chi connectivity index (χ3v) is 0. The van der Waals surface area contributed by atoms with Gasteiger partial charge in [0.05, 0.1) is 0 Å². The molecule has 2 heteroatoms. The summed E-state index contributed by atoms with van der Waals surface area (Å²) >= 11 is 0. The van der Waals surface area contributed by atoms with Crippen LogP contribution in [0.1, 0.15) is 84.1 Å². The molecule has 0 rings (SSSR count). The van der Waals surface area contributed by atoms with Crippen molar-refractivity contribution in [2.75, 3.05) is 0 Å². The van der Waals surface area contributed by atoms with Crippen LogP contribution in [0.5, 0.6) is 0 Å². The molecule has 0 aromatic heterocycles. The van der Waals surface area contributed by atoms with Gasteiger partial charge in [0.15, 0.2) is 0 Å². The molecule has 0 spiro atoms. The van der Waals surface area contributed by atoms with Gasteiger partial charge in [-0.2, -0.15) is 12.8 Å². The summed E-state index contributed by atoms with van der Waals surface area (Å²) in [5.74, 6) is 0. The van der Waals surface area contributed by atoms with E-state index < -0.39 is 0 Å². The van der Waals surface area contributed by atoms with Gasteiger partial charge in [-0.05, 0) is 13.8 Å². The summed E-state index contributed by atoms with van der Waals surface area (Å²) in [6.07, 6.45) is 5.50. The quantitative estimate of drug-likeness (QED) is 0.405. The summed E-state index contributed by atoms with van der Waals surface area (Å²) < 4.78 is 0. The molecule has 0 bridgehead atoms. The Labute approximate surface area is 234 Å². The van der Waals surface area contributed by atoms with Gasteiger partial charge in [0.25, 0.3) is 0 Å². The van der Waals surface area contributed by atoms with Gasteiger partial charge in [-0.15, -0.1) is 13.2 Å². The van der Waals surface area contributed by atoms with Crippen LogP contribution in [0.25, 0.3) is 0 Å². The molecule has 0 aromatic rings. The first kappa shape index (κ1) is 77.1. The molecule has 0 aromatic carbocycles. The van der Waals surface area contributed by atoms with Crippen LogP contribution in [0.4, 0.5) is 0 Å². The topological polar surface area (TPSA) is 0 Å². The Balaban J connectivity index is -0.00000000526. The van der Waals surface area contributed by atoms with Crippen molar-refractivity contribution in [2.45, 2.75) is 84.1 Å². The molecule has 0 atom stereocenters.